The maximum atomic E-state index is 5.14. The van der Waals surface area contributed by atoms with Crippen LogP contribution in [0.5, 0.6) is 0 Å². The summed E-state index contributed by atoms with van der Waals surface area (Å²) in [7, 11) is 0. The quantitative estimate of drug-likeness (QED) is 0.289. The molecule has 3 N–H and O–H groups in total. The zero-order valence-electron chi connectivity index (χ0n) is 3.39. The van der Waals surface area contributed by atoms with Gasteiger partial charge in [0.25, 0.3) is 0 Å². The van der Waals surface area contributed by atoms with E-state index < -0.39 is 0 Å². The molecule has 0 aromatic heterocycles. The highest BCUT2D eigenvalue weighted by molar-refractivity contribution is 4.31. The molecule has 0 atom stereocenters. The minimum absolute atomic E-state index is 0.819. The molecule has 34 valence electrons. The van der Waals surface area contributed by atoms with Gasteiger partial charge in [0.05, 0.1) is 0 Å². The summed E-state index contributed by atoms with van der Waals surface area (Å²) in [5, 5.41) is 3.60. The van der Waals surface area contributed by atoms with Crippen LogP contribution in [0.2, 0.25) is 0 Å². The van der Waals surface area contributed by atoms with Gasteiger partial charge in [-0.05, 0) is 0 Å². The lowest BCUT2D eigenvalue weighted by Gasteiger charge is -1.74. The van der Waals surface area contributed by atoms with Crippen molar-refractivity contribution in [2.75, 3.05) is 13.1 Å². The molecule has 0 amide bonds. The molecule has 1 aliphatic rings. The van der Waals surface area contributed by atoms with Crippen LogP contribution in [0, 0.1) is 0 Å². The zero-order valence-corrected chi connectivity index (χ0v) is 3.39. The van der Waals surface area contributed by atoms with E-state index in [9.17, 15) is 0 Å². The van der Waals surface area contributed by atoms with Gasteiger partial charge in [-0.25, -0.2) is 0 Å². The van der Waals surface area contributed by atoms with Crippen LogP contribution in [0.25, 0.3) is 0 Å². The topological polar surface area (TPSA) is 53.4 Å². The van der Waals surface area contributed by atoms with Crippen molar-refractivity contribution < 1.29 is 4.81 Å². The third kappa shape index (κ3) is 0.403. The van der Waals surface area contributed by atoms with E-state index in [2.05, 4.69) is 10.6 Å². The number of hydrazine groups is 1. The van der Waals surface area contributed by atoms with Gasteiger partial charge in [0.15, 0.2) is 6.54 Å². The minimum atomic E-state index is 0.819. The van der Waals surface area contributed by atoms with E-state index in [0.29, 0.717) is 0 Å². The monoisotopic (exact) mass is 87.1 g/mol. The molecule has 0 radical (unpaired) electrons. The summed E-state index contributed by atoms with van der Waals surface area (Å²) in [6.45, 7) is 1.69. The first-order chi connectivity index (χ1) is 2.89. The Kier molecular flexibility index (Phi) is 0.633. The summed E-state index contributed by atoms with van der Waals surface area (Å²) in [5.74, 6) is 5.14. The van der Waals surface area contributed by atoms with E-state index in [1.807, 2.05) is 0 Å². The molecule has 0 fully saturated rings. The van der Waals surface area contributed by atoms with Crippen molar-refractivity contribution in [3.63, 3.8) is 0 Å². The van der Waals surface area contributed by atoms with Gasteiger partial charge in [0, 0.05) is 0 Å². The zero-order chi connectivity index (χ0) is 4.41. The fourth-order valence-corrected chi connectivity index (χ4v) is 0.355. The maximum Gasteiger partial charge on any atom is 0.173 e. The molecule has 0 aromatic rings. The van der Waals surface area contributed by atoms with Crippen LogP contribution in [-0.2, 0) is 0 Å². The number of rotatable bonds is 0. The van der Waals surface area contributed by atoms with Gasteiger partial charge in [-0.2, -0.15) is 5.43 Å². The maximum absolute atomic E-state index is 5.14. The van der Waals surface area contributed by atoms with E-state index >= 15 is 0 Å². The predicted molar refractivity (Wildman–Crippen MR) is 19.7 cm³/mol. The molecular formula is C2H7N4+. The summed E-state index contributed by atoms with van der Waals surface area (Å²) in [6, 6.07) is 0. The minimum Gasteiger partial charge on any atom is -0.254 e. The van der Waals surface area contributed by atoms with Crippen LogP contribution in [0.4, 0.5) is 0 Å². The fraction of sp³-hybridized carbons (Fsp3) is 1.00. The van der Waals surface area contributed by atoms with Gasteiger partial charge < -0.3 is 0 Å². The van der Waals surface area contributed by atoms with Gasteiger partial charge in [0.1, 0.15) is 11.8 Å². The third-order valence-corrected chi connectivity index (χ3v) is 0.652. The molecular weight excluding hydrogens is 80.0 g/mol. The Balaban J connectivity index is 2.45. The van der Waals surface area contributed by atoms with Crippen LogP contribution in [0.1, 0.15) is 0 Å². The van der Waals surface area contributed by atoms with Crippen LogP contribution in [0.15, 0.2) is 5.22 Å². The summed E-state index contributed by atoms with van der Waals surface area (Å²) in [5.41, 5.74) is 2.70. The highest BCUT2D eigenvalue weighted by Crippen LogP contribution is 1.72. The van der Waals surface area contributed by atoms with Crippen LogP contribution in [0.3, 0.4) is 0 Å². The summed E-state index contributed by atoms with van der Waals surface area (Å²) in [4.78, 5) is 1.38. The van der Waals surface area contributed by atoms with Crippen LogP contribution < -0.4 is 11.3 Å². The first-order valence-electron chi connectivity index (χ1n) is 1.85. The second-order valence-electron chi connectivity index (χ2n) is 1.17. The Hall–Kier alpha value is -0.800. The highest BCUT2D eigenvalue weighted by atomic mass is 15.6. The molecule has 4 heteroatoms. The first kappa shape index (κ1) is 3.39. The van der Waals surface area contributed by atoms with Crippen molar-refractivity contribution in [3.05, 3.63) is 0 Å². The molecule has 0 saturated carbocycles. The Bertz CT molecular complexity index is 75.6. The molecule has 0 aromatic carbocycles. The molecule has 0 saturated heterocycles. The second kappa shape index (κ2) is 1.12. The Morgan fingerprint density at radius 1 is 1.83 bits per heavy atom. The fourth-order valence-electron chi connectivity index (χ4n) is 0.355. The average Bonchev–Trinajstić information content (AvgIpc) is 1.86. The molecule has 4 nitrogen and oxygen atoms in total. The molecule has 6 heavy (non-hydrogen) atoms. The lowest BCUT2D eigenvalue weighted by molar-refractivity contribution is -0.592. The van der Waals surface area contributed by atoms with E-state index in [1.54, 1.807) is 0 Å². The summed E-state index contributed by atoms with van der Waals surface area (Å²) in [6.07, 6.45) is 0. The van der Waals surface area contributed by atoms with Crippen molar-refractivity contribution in [1.82, 2.24) is 5.43 Å². The summed E-state index contributed by atoms with van der Waals surface area (Å²) >= 11 is 0. The van der Waals surface area contributed by atoms with Crippen molar-refractivity contribution in [3.8, 4) is 0 Å². The molecule has 0 bridgehead atoms. The van der Waals surface area contributed by atoms with Gasteiger partial charge in [-0.15, -0.1) is 0 Å². The molecule has 0 unspecified atom stereocenters. The SMILES string of the molecule is N[N+]1=NNCC1. The van der Waals surface area contributed by atoms with Crippen LogP contribution in [-0.4, -0.2) is 17.9 Å². The van der Waals surface area contributed by atoms with E-state index in [1.165, 1.54) is 4.81 Å². The molecule has 0 spiro atoms. The predicted octanol–water partition coefficient (Wildman–Crippen LogP) is -1.16. The molecule has 0 aliphatic carbocycles. The Morgan fingerprint density at radius 2 is 2.67 bits per heavy atom. The molecule has 1 aliphatic heterocycles. The smallest absolute Gasteiger partial charge is 0.173 e. The molecule has 1 heterocycles. The van der Waals surface area contributed by atoms with Crippen molar-refractivity contribution >= 4 is 0 Å². The Labute approximate surface area is 35.6 Å². The lowest BCUT2D eigenvalue weighted by atomic mass is 10.7. The molecule has 1 rings (SSSR count). The summed E-state index contributed by atoms with van der Waals surface area (Å²) < 4.78 is 0. The van der Waals surface area contributed by atoms with E-state index in [-0.39, 0.29) is 0 Å². The number of hydrogen-bond donors (Lipinski definition) is 2. The number of nitrogens with two attached hydrogens (primary N) is 1. The van der Waals surface area contributed by atoms with E-state index in [0.717, 1.165) is 13.1 Å². The largest absolute Gasteiger partial charge is 0.254 e. The number of hydrogen-bond acceptors (Lipinski definition) is 3. The third-order valence-electron chi connectivity index (χ3n) is 0.652. The number of nitrogens with one attached hydrogen (secondary N) is 1. The van der Waals surface area contributed by atoms with Crippen molar-refractivity contribution in [1.29, 1.82) is 0 Å². The average molecular weight is 87.1 g/mol. The first-order valence-corrected chi connectivity index (χ1v) is 1.85. The van der Waals surface area contributed by atoms with Crippen LogP contribution >= 0.6 is 0 Å². The highest BCUT2D eigenvalue weighted by Gasteiger charge is 2.03. The van der Waals surface area contributed by atoms with E-state index in [4.69, 9.17) is 5.84 Å². The Morgan fingerprint density at radius 3 is 2.83 bits per heavy atom. The van der Waals surface area contributed by atoms with Crippen molar-refractivity contribution in [2.45, 2.75) is 0 Å². The second-order valence-corrected chi connectivity index (χ2v) is 1.17. The van der Waals surface area contributed by atoms with Gasteiger partial charge >= 0.3 is 0 Å². The van der Waals surface area contributed by atoms with Gasteiger partial charge in [0.2, 0.25) is 0 Å². The van der Waals surface area contributed by atoms with Gasteiger partial charge in [-0.3, -0.25) is 5.84 Å². The lowest BCUT2D eigenvalue weighted by Crippen LogP contribution is -2.15. The van der Waals surface area contributed by atoms with Crippen molar-refractivity contribution in [2.24, 2.45) is 11.1 Å². The van der Waals surface area contributed by atoms with Gasteiger partial charge in [-0.1, -0.05) is 4.81 Å². The number of nitrogens with zero attached hydrogens (tertiary/aromatic N) is 2. The normalized spacial score (nSPS) is 19.7. The standard InChI is InChI=1S/C2H6N4/c3-6-2-1-4-5-6/h1-3H2/p+1.